The summed E-state index contributed by atoms with van der Waals surface area (Å²) in [6, 6.07) is 15.3. The molecule has 1 aliphatic rings. The van der Waals surface area contributed by atoms with E-state index in [1.165, 1.54) is 5.56 Å². The van der Waals surface area contributed by atoms with E-state index in [1.54, 1.807) is 12.1 Å². The standard InChI is InChI=1S/C30H42N6O2/c1-20(2)18-21-6-12-24(13-7-21)28(38)36(26-16-14-25(15-17-26)30(3,4)5)19-22-8-10-23(11-9-22)27(37)33-29(34-31)35-32/h6-13,20,25-26,31H,14-19,32H2,1-5H3,(H,33,35,37). The zero-order chi connectivity index (χ0) is 27.9. The fraction of sp³-hybridized carbons (Fsp3) is 0.500. The summed E-state index contributed by atoms with van der Waals surface area (Å²) in [6.07, 6.45) is 5.17. The van der Waals surface area contributed by atoms with Crippen LogP contribution in [0.15, 0.2) is 58.7 Å². The summed E-state index contributed by atoms with van der Waals surface area (Å²) in [5.41, 5.74) is 10.5. The van der Waals surface area contributed by atoms with Gasteiger partial charge in [0, 0.05) is 23.7 Å². The number of amides is 2. The van der Waals surface area contributed by atoms with Crippen LogP contribution in [0, 0.1) is 22.8 Å². The number of benzene rings is 2. The van der Waals surface area contributed by atoms with Crippen molar-refractivity contribution in [1.29, 1.82) is 5.53 Å². The third-order valence-corrected chi connectivity index (χ3v) is 7.49. The number of carbonyl (C=O) groups excluding carboxylic acids is 2. The molecular formula is C30H42N6O2. The van der Waals surface area contributed by atoms with E-state index in [9.17, 15) is 9.59 Å². The van der Waals surface area contributed by atoms with Gasteiger partial charge in [-0.2, -0.15) is 0 Å². The lowest BCUT2D eigenvalue weighted by Gasteiger charge is -2.41. The Morgan fingerprint density at radius 1 is 0.974 bits per heavy atom. The molecule has 0 heterocycles. The number of carbonyl (C=O) groups is 2. The molecule has 1 saturated carbocycles. The van der Waals surface area contributed by atoms with Gasteiger partial charge >= 0.3 is 0 Å². The second-order valence-corrected chi connectivity index (χ2v) is 11.8. The van der Waals surface area contributed by atoms with Crippen LogP contribution >= 0.6 is 0 Å². The maximum absolute atomic E-state index is 13.8. The maximum Gasteiger partial charge on any atom is 0.265 e. The highest BCUT2D eigenvalue weighted by atomic mass is 16.2. The van der Waals surface area contributed by atoms with Crippen molar-refractivity contribution >= 4 is 17.8 Å². The summed E-state index contributed by atoms with van der Waals surface area (Å²) in [6.45, 7) is 11.8. The van der Waals surface area contributed by atoms with Gasteiger partial charge in [-0.15, -0.1) is 10.2 Å². The average Bonchev–Trinajstić information content (AvgIpc) is 2.90. The second kappa shape index (κ2) is 12.8. The topological polar surface area (TPSA) is 124 Å². The van der Waals surface area contributed by atoms with Crippen LogP contribution in [-0.2, 0) is 13.0 Å². The third kappa shape index (κ3) is 7.73. The van der Waals surface area contributed by atoms with Gasteiger partial charge in [0.2, 0.25) is 0 Å². The summed E-state index contributed by atoms with van der Waals surface area (Å²) < 4.78 is 0. The molecule has 2 amide bonds. The summed E-state index contributed by atoms with van der Waals surface area (Å²) >= 11 is 0. The molecule has 204 valence electrons. The molecule has 4 N–H and O–H groups in total. The van der Waals surface area contributed by atoms with Crippen LogP contribution < -0.4 is 11.2 Å². The number of rotatable bonds is 7. The van der Waals surface area contributed by atoms with Gasteiger partial charge in [-0.3, -0.25) is 14.9 Å². The molecule has 3 rings (SSSR count). The molecule has 8 nitrogen and oxygen atoms in total. The van der Waals surface area contributed by atoms with Crippen molar-refractivity contribution in [2.75, 3.05) is 0 Å². The molecule has 8 heteroatoms. The van der Waals surface area contributed by atoms with Crippen molar-refractivity contribution in [3.05, 3.63) is 70.8 Å². The van der Waals surface area contributed by atoms with Crippen LogP contribution in [0.4, 0.5) is 0 Å². The van der Waals surface area contributed by atoms with E-state index in [0.717, 1.165) is 37.7 Å². The van der Waals surface area contributed by atoms with Gasteiger partial charge in [-0.25, -0.2) is 5.53 Å². The van der Waals surface area contributed by atoms with Crippen molar-refractivity contribution in [3.8, 4) is 0 Å². The number of guanidine groups is 1. The smallest absolute Gasteiger partial charge is 0.265 e. The van der Waals surface area contributed by atoms with E-state index in [1.807, 2.05) is 29.2 Å². The molecule has 0 bridgehead atoms. The van der Waals surface area contributed by atoms with Gasteiger partial charge in [-0.1, -0.05) is 58.9 Å². The first-order valence-electron chi connectivity index (χ1n) is 13.5. The molecule has 2 aromatic rings. The van der Waals surface area contributed by atoms with E-state index < -0.39 is 5.91 Å². The van der Waals surface area contributed by atoms with Crippen LogP contribution in [0.2, 0.25) is 0 Å². The Morgan fingerprint density at radius 3 is 2.03 bits per heavy atom. The first-order chi connectivity index (χ1) is 18.0. The molecule has 0 aromatic heterocycles. The zero-order valence-electron chi connectivity index (χ0n) is 23.3. The largest absolute Gasteiger partial charge is 0.331 e. The summed E-state index contributed by atoms with van der Waals surface area (Å²) in [4.78, 5) is 28.2. The highest BCUT2D eigenvalue weighted by Gasteiger charge is 2.34. The fourth-order valence-corrected chi connectivity index (χ4v) is 5.26. The first-order valence-corrected chi connectivity index (χ1v) is 13.5. The monoisotopic (exact) mass is 518 g/mol. The minimum Gasteiger partial charge on any atom is -0.331 e. The number of nitrogens with two attached hydrogens (primary N) is 1. The Balaban J connectivity index is 1.80. The Bertz CT molecular complexity index is 1120. The molecular weight excluding hydrogens is 476 g/mol. The van der Waals surface area contributed by atoms with Crippen LogP contribution in [0.25, 0.3) is 0 Å². The lowest BCUT2D eigenvalue weighted by Crippen LogP contribution is -2.43. The Kier molecular flexibility index (Phi) is 9.78. The predicted molar refractivity (Wildman–Crippen MR) is 151 cm³/mol. The zero-order valence-corrected chi connectivity index (χ0v) is 23.3. The summed E-state index contributed by atoms with van der Waals surface area (Å²) in [5.74, 6) is 5.66. The molecule has 0 radical (unpaired) electrons. The van der Waals surface area contributed by atoms with E-state index in [2.05, 4.69) is 62.3 Å². The Labute approximate surface area is 226 Å². The van der Waals surface area contributed by atoms with Crippen LogP contribution in [0.3, 0.4) is 0 Å². The highest BCUT2D eigenvalue weighted by molar-refractivity contribution is 6.05. The maximum atomic E-state index is 13.8. The Morgan fingerprint density at radius 2 is 1.53 bits per heavy atom. The highest BCUT2D eigenvalue weighted by Crippen LogP contribution is 2.39. The van der Waals surface area contributed by atoms with Crippen LogP contribution in [0.1, 0.15) is 92.1 Å². The summed E-state index contributed by atoms with van der Waals surface area (Å²) in [7, 11) is 0. The predicted octanol–water partition coefficient (Wildman–Crippen LogP) is 6.12. The van der Waals surface area contributed by atoms with E-state index in [-0.39, 0.29) is 23.3 Å². The minimum atomic E-state index is -0.452. The average molecular weight is 519 g/mol. The second-order valence-electron chi connectivity index (χ2n) is 11.8. The molecule has 1 fully saturated rings. The Hall–Kier alpha value is -3.55. The molecule has 1 aliphatic carbocycles. The quantitative estimate of drug-likeness (QED) is 0.134. The SMILES string of the molecule is CC(C)Cc1ccc(C(=O)N(Cc2ccc(C(=O)N/C(N=N)=N/N)cc2)C2CCC(C(C)(C)C)CC2)cc1. The fourth-order valence-electron chi connectivity index (χ4n) is 5.26. The lowest BCUT2D eigenvalue weighted by molar-refractivity contribution is 0.0530. The van der Waals surface area contributed by atoms with Crippen molar-refractivity contribution in [1.82, 2.24) is 10.2 Å². The number of nitrogens with one attached hydrogen (secondary N) is 2. The van der Waals surface area contributed by atoms with Gasteiger partial charge in [0.05, 0.1) is 0 Å². The lowest BCUT2D eigenvalue weighted by atomic mass is 9.71. The minimum absolute atomic E-state index is 0.0444. The molecule has 38 heavy (non-hydrogen) atoms. The number of nitrogens with zero attached hydrogens (tertiary/aromatic N) is 3. The van der Waals surface area contributed by atoms with Gasteiger partial charge in [0.1, 0.15) is 0 Å². The normalized spacial score (nSPS) is 18.2. The molecule has 0 unspecified atom stereocenters. The molecule has 0 saturated heterocycles. The first kappa shape index (κ1) is 29.0. The third-order valence-electron chi connectivity index (χ3n) is 7.49. The molecule has 2 aromatic carbocycles. The number of hydrogen-bond acceptors (Lipinski definition) is 5. The summed E-state index contributed by atoms with van der Waals surface area (Å²) in [5, 5.41) is 8.71. The number of hydrazone groups is 1. The van der Waals surface area contributed by atoms with E-state index in [0.29, 0.717) is 29.5 Å². The van der Waals surface area contributed by atoms with Gasteiger partial charge in [-0.05, 0) is 84.7 Å². The van der Waals surface area contributed by atoms with Crippen molar-refractivity contribution < 1.29 is 9.59 Å². The van der Waals surface area contributed by atoms with Crippen molar-refractivity contribution in [2.45, 2.75) is 79.3 Å². The van der Waals surface area contributed by atoms with Gasteiger partial charge in [0.15, 0.2) is 0 Å². The van der Waals surface area contributed by atoms with Gasteiger partial charge in [0.25, 0.3) is 17.8 Å². The van der Waals surface area contributed by atoms with Crippen molar-refractivity contribution in [2.24, 2.45) is 33.3 Å². The van der Waals surface area contributed by atoms with E-state index in [4.69, 9.17) is 11.4 Å². The van der Waals surface area contributed by atoms with E-state index >= 15 is 0 Å². The van der Waals surface area contributed by atoms with Crippen molar-refractivity contribution in [3.63, 3.8) is 0 Å². The van der Waals surface area contributed by atoms with Gasteiger partial charge < -0.3 is 10.7 Å². The molecule has 0 aliphatic heterocycles. The van der Waals surface area contributed by atoms with Crippen LogP contribution in [0.5, 0.6) is 0 Å². The molecule has 0 atom stereocenters. The van der Waals surface area contributed by atoms with Crippen LogP contribution in [-0.4, -0.2) is 28.7 Å². The number of hydrogen-bond donors (Lipinski definition) is 3. The molecule has 0 spiro atoms.